The zero-order valence-corrected chi connectivity index (χ0v) is 22.0. The second kappa shape index (κ2) is 19.0. The Labute approximate surface area is 212 Å². The first-order valence-electron chi connectivity index (χ1n) is 13.9. The maximum Gasteiger partial charge on any atom is 0.316 e. The lowest BCUT2D eigenvalue weighted by Gasteiger charge is -2.15. The Morgan fingerprint density at radius 2 is 1.09 bits per heavy atom. The van der Waals surface area contributed by atoms with Crippen molar-refractivity contribution in [2.45, 2.75) is 123 Å². The van der Waals surface area contributed by atoms with Crippen LogP contribution in [-0.2, 0) is 9.53 Å². The number of esters is 1. The van der Waals surface area contributed by atoms with E-state index in [9.17, 15) is 24.9 Å². The number of phenols is 3. The van der Waals surface area contributed by atoms with Gasteiger partial charge < -0.3 is 20.1 Å². The topological polar surface area (TPSA) is 104 Å². The summed E-state index contributed by atoms with van der Waals surface area (Å²) in [6.45, 7) is 4.12. The first-order chi connectivity index (χ1) is 16.9. The number of ether oxygens (including phenoxy) is 1. The smallest absolute Gasteiger partial charge is 0.316 e. The molecule has 0 aliphatic heterocycles. The summed E-state index contributed by atoms with van der Waals surface area (Å²) >= 11 is 0. The minimum absolute atomic E-state index is 0.0210. The van der Waals surface area contributed by atoms with E-state index in [2.05, 4.69) is 6.92 Å². The number of ketones is 1. The summed E-state index contributed by atoms with van der Waals surface area (Å²) in [5.74, 6) is -3.98. The number of unbranched alkanes of at least 4 members (excludes halogenated alkanes) is 15. The number of carbonyl (C=O) groups is 2. The van der Waals surface area contributed by atoms with Gasteiger partial charge in [-0.15, -0.1) is 0 Å². The highest BCUT2D eigenvalue weighted by molar-refractivity contribution is 6.09. The zero-order valence-electron chi connectivity index (χ0n) is 22.0. The van der Waals surface area contributed by atoms with E-state index < -0.39 is 34.9 Å². The number of carbonyl (C=O) groups excluding carboxylic acids is 2. The van der Waals surface area contributed by atoms with Crippen LogP contribution in [0.2, 0.25) is 0 Å². The summed E-state index contributed by atoms with van der Waals surface area (Å²) < 4.78 is 5.08. The Morgan fingerprint density at radius 3 is 1.49 bits per heavy atom. The molecule has 0 aliphatic rings. The first-order valence-corrected chi connectivity index (χ1v) is 13.9. The van der Waals surface area contributed by atoms with Crippen LogP contribution in [-0.4, -0.2) is 33.7 Å². The van der Waals surface area contributed by atoms with E-state index in [0.29, 0.717) is 6.42 Å². The minimum Gasteiger partial charge on any atom is -0.504 e. The summed E-state index contributed by atoms with van der Waals surface area (Å²) in [6, 6.07) is 2.13. The van der Waals surface area contributed by atoms with Crippen LogP contribution in [0.3, 0.4) is 0 Å². The van der Waals surface area contributed by atoms with Gasteiger partial charge in [0.1, 0.15) is 5.92 Å². The van der Waals surface area contributed by atoms with E-state index in [4.69, 9.17) is 4.74 Å². The molecule has 0 aliphatic carbocycles. The lowest BCUT2D eigenvalue weighted by Crippen LogP contribution is -2.26. The fourth-order valence-corrected chi connectivity index (χ4v) is 4.44. The highest BCUT2D eigenvalue weighted by Gasteiger charge is 2.29. The molecule has 0 amide bonds. The number of aromatic hydroxyl groups is 3. The molecule has 1 aromatic carbocycles. The van der Waals surface area contributed by atoms with Crippen LogP contribution in [0.5, 0.6) is 17.2 Å². The Balaban J connectivity index is 2.22. The van der Waals surface area contributed by atoms with Gasteiger partial charge in [-0.2, -0.15) is 0 Å². The van der Waals surface area contributed by atoms with Crippen LogP contribution < -0.4 is 0 Å². The van der Waals surface area contributed by atoms with Crippen LogP contribution in [0, 0.1) is 5.92 Å². The van der Waals surface area contributed by atoms with Gasteiger partial charge in [0, 0.05) is 5.56 Å². The van der Waals surface area contributed by atoms with Crippen molar-refractivity contribution in [3.8, 4) is 17.2 Å². The van der Waals surface area contributed by atoms with Crippen LogP contribution in [0.15, 0.2) is 12.1 Å². The maximum atomic E-state index is 12.9. The van der Waals surface area contributed by atoms with Gasteiger partial charge in [-0.3, -0.25) is 9.59 Å². The molecule has 1 rings (SSSR count). The Kier molecular flexibility index (Phi) is 16.7. The maximum absolute atomic E-state index is 12.9. The molecule has 0 aromatic heterocycles. The molecule has 200 valence electrons. The molecule has 6 nitrogen and oxygen atoms in total. The standard InChI is InChI=1S/C29H48O6/c1-3-5-6-7-8-9-10-11-12-13-14-15-16-17-18-19-20-24(29(34)35-4-2)27(32)23-21-25(30)28(33)26(31)22-23/h21-22,24,30-31,33H,3-20H2,1-2H3. The molecule has 1 aromatic rings. The third-order valence-corrected chi connectivity index (χ3v) is 6.59. The zero-order chi connectivity index (χ0) is 25.9. The van der Waals surface area contributed by atoms with Gasteiger partial charge in [0.2, 0.25) is 0 Å². The molecule has 1 unspecified atom stereocenters. The van der Waals surface area contributed by atoms with Gasteiger partial charge in [-0.1, -0.05) is 110 Å². The second-order valence-corrected chi connectivity index (χ2v) is 9.62. The van der Waals surface area contributed by atoms with Gasteiger partial charge >= 0.3 is 5.97 Å². The van der Waals surface area contributed by atoms with E-state index in [1.54, 1.807) is 6.92 Å². The Bertz CT molecular complexity index is 707. The number of benzene rings is 1. The number of rotatable bonds is 21. The van der Waals surface area contributed by atoms with E-state index >= 15 is 0 Å². The van der Waals surface area contributed by atoms with Crippen molar-refractivity contribution in [3.05, 3.63) is 17.7 Å². The quantitative estimate of drug-likeness (QED) is 0.0531. The molecule has 35 heavy (non-hydrogen) atoms. The van der Waals surface area contributed by atoms with Crippen LogP contribution in [0.1, 0.15) is 133 Å². The van der Waals surface area contributed by atoms with E-state index in [1.807, 2.05) is 0 Å². The summed E-state index contributed by atoms with van der Waals surface area (Å²) in [6.07, 6.45) is 20.4. The van der Waals surface area contributed by atoms with Crippen LogP contribution in [0.25, 0.3) is 0 Å². The predicted octanol–water partition coefficient (Wildman–Crippen LogP) is 7.82. The molecule has 6 heteroatoms. The predicted molar refractivity (Wildman–Crippen MR) is 140 cm³/mol. The normalized spacial score (nSPS) is 11.9. The van der Waals surface area contributed by atoms with Crippen molar-refractivity contribution in [3.63, 3.8) is 0 Å². The Morgan fingerprint density at radius 1 is 0.686 bits per heavy atom. The lowest BCUT2D eigenvalue weighted by molar-refractivity contribution is -0.146. The number of hydrogen-bond acceptors (Lipinski definition) is 6. The van der Waals surface area contributed by atoms with Crippen molar-refractivity contribution in [1.82, 2.24) is 0 Å². The summed E-state index contributed by atoms with van der Waals surface area (Å²) in [4.78, 5) is 25.2. The molecular formula is C29H48O6. The molecule has 0 bridgehead atoms. The summed E-state index contributed by atoms with van der Waals surface area (Å²) in [7, 11) is 0. The van der Waals surface area contributed by atoms with Crippen molar-refractivity contribution in [2.24, 2.45) is 5.92 Å². The average Bonchev–Trinajstić information content (AvgIpc) is 2.84. The van der Waals surface area contributed by atoms with E-state index in [0.717, 1.165) is 37.8 Å². The lowest BCUT2D eigenvalue weighted by atomic mass is 9.91. The molecule has 0 fully saturated rings. The SMILES string of the molecule is CCCCCCCCCCCCCCCCCCC(C(=O)OCC)C(=O)c1cc(O)c(O)c(O)c1. The third kappa shape index (κ3) is 12.9. The molecule has 0 saturated carbocycles. The van der Waals surface area contributed by atoms with Gasteiger partial charge in [-0.25, -0.2) is 0 Å². The van der Waals surface area contributed by atoms with Crippen molar-refractivity contribution >= 4 is 11.8 Å². The molecule has 1 atom stereocenters. The molecular weight excluding hydrogens is 444 g/mol. The van der Waals surface area contributed by atoms with Crippen molar-refractivity contribution < 1.29 is 29.6 Å². The average molecular weight is 493 g/mol. The fourth-order valence-electron chi connectivity index (χ4n) is 4.44. The van der Waals surface area contributed by atoms with Gasteiger partial charge in [-0.05, 0) is 25.5 Å². The van der Waals surface area contributed by atoms with Crippen LogP contribution >= 0.6 is 0 Å². The second-order valence-electron chi connectivity index (χ2n) is 9.62. The summed E-state index contributed by atoms with van der Waals surface area (Å²) in [5.41, 5.74) is -0.0210. The highest BCUT2D eigenvalue weighted by atomic mass is 16.5. The molecule has 3 N–H and O–H groups in total. The van der Waals surface area contributed by atoms with Crippen molar-refractivity contribution in [2.75, 3.05) is 6.61 Å². The molecule has 0 spiro atoms. The van der Waals surface area contributed by atoms with E-state index in [-0.39, 0.29) is 12.2 Å². The summed E-state index contributed by atoms with van der Waals surface area (Å²) in [5, 5.41) is 28.9. The molecule has 0 heterocycles. The van der Waals surface area contributed by atoms with Crippen molar-refractivity contribution in [1.29, 1.82) is 0 Å². The molecule has 0 radical (unpaired) electrons. The minimum atomic E-state index is -0.982. The fraction of sp³-hybridized carbons (Fsp3) is 0.724. The number of Topliss-reactive ketones (excluding diaryl/α,β-unsaturated/α-hetero) is 1. The van der Waals surface area contributed by atoms with Gasteiger partial charge in [0.05, 0.1) is 6.61 Å². The Hall–Kier alpha value is -2.24. The van der Waals surface area contributed by atoms with Gasteiger partial charge in [0.25, 0.3) is 0 Å². The first kappa shape index (κ1) is 30.8. The van der Waals surface area contributed by atoms with Gasteiger partial charge in [0.15, 0.2) is 23.0 Å². The van der Waals surface area contributed by atoms with E-state index in [1.165, 1.54) is 77.0 Å². The molecule has 0 saturated heterocycles. The largest absolute Gasteiger partial charge is 0.504 e. The third-order valence-electron chi connectivity index (χ3n) is 6.59. The highest BCUT2D eigenvalue weighted by Crippen LogP contribution is 2.36. The van der Waals surface area contributed by atoms with Crippen LogP contribution in [0.4, 0.5) is 0 Å². The number of phenolic OH excluding ortho intramolecular Hbond substituents is 3. The number of hydrogen-bond donors (Lipinski definition) is 3. The monoisotopic (exact) mass is 492 g/mol.